The minimum atomic E-state index is -4.15. The third-order valence-corrected chi connectivity index (χ3v) is 10.4. The number of benzene rings is 4. The molecule has 234 valence electrons. The molecule has 0 aromatic heterocycles. The van der Waals surface area contributed by atoms with Gasteiger partial charge in [0.1, 0.15) is 12.6 Å². The molecule has 0 spiro atoms. The third-order valence-electron chi connectivity index (χ3n) is 8.15. The molecule has 7 nitrogen and oxygen atoms in total. The van der Waals surface area contributed by atoms with Crippen molar-refractivity contribution in [3.8, 4) is 0 Å². The Kier molecular flexibility index (Phi) is 10.7. The molecule has 1 N–H and O–H groups in total. The zero-order chi connectivity index (χ0) is 31.8. The molecule has 1 aliphatic carbocycles. The van der Waals surface area contributed by atoms with E-state index >= 15 is 0 Å². The first-order valence-corrected chi connectivity index (χ1v) is 17.5. The maximum Gasteiger partial charge on any atom is 0.264 e. The molecular formula is C36H38BrN3O4S. The van der Waals surface area contributed by atoms with E-state index < -0.39 is 28.5 Å². The lowest BCUT2D eigenvalue weighted by atomic mass is 10.0. The van der Waals surface area contributed by atoms with Gasteiger partial charge >= 0.3 is 0 Å². The van der Waals surface area contributed by atoms with Gasteiger partial charge in [0.15, 0.2) is 0 Å². The van der Waals surface area contributed by atoms with Gasteiger partial charge in [-0.05, 0) is 61.2 Å². The van der Waals surface area contributed by atoms with E-state index in [0.29, 0.717) is 16.6 Å². The van der Waals surface area contributed by atoms with Crippen LogP contribution in [-0.2, 0) is 32.6 Å². The average Bonchev–Trinajstić information content (AvgIpc) is 3.55. The summed E-state index contributed by atoms with van der Waals surface area (Å²) in [6.07, 6.45) is 4.21. The summed E-state index contributed by atoms with van der Waals surface area (Å²) in [5.41, 5.74) is 3.01. The summed E-state index contributed by atoms with van der Waals surface area (Å²) >= 11 is 3.45. The minimum Gasteiger partial charge on any atom is -0.352 e. The first-order valence-electron chi connectivity index (χ1n) is 15.2. The smallest absolute Gasteiger partial charge is 0.264 e. The second-order valence-electron chi connectivity index (χ2n) is 11.5. The number of hydrogen-bond acceptors (Lipinski definition) is 4. The van der Waals surface area contributed by atoms with Crippen LogP contribution >= 0.6 is 15.9 Å². The van der Waals surface area contributed by atoms with Gasteiger partial charge in [-0.1, -0.05) is 113 Å². The van der Waals surface area contributed by atoms with Gasteiger partial charge in [0.25, 0.3) is 10.0 Å². The highest BCUT2D eigenvalue weighted by Crippen LogP contribution is 2.28. The van der Waals surface area contributed by atoms with Gasteiger partial charge < -0.3 is 10.2 Å². The highest BCUT2D eigenvalue weighted by molar-refractivity contribution is 9.10. The van der Waals surface area contributed by atoms with E-state index in [4.69, 9.17) is 0 Å². The van der Waals surface area contributed by atoms with E-state index in [0.717, 1.165) is 46.7 Å². The van der Waals surface area contributed by atoms with Gasteiger partial charge in [0.05, 0.1) is 10.6 Å². The quantitative estimate of drug-likeness (QED) is 0.181. The van der Waals surface area contributed by atoms with Crippen LogP contribution in [0.1, 0.15) is 42.4 Å². The molecule has 4 aromatic carbocycles. The maximum absolute atomic E-state index is 14.5. The zero-order valence-corrected chi connectivity index (χ0v) is 27.7. The van der Waals surface area contributed by atoms with Crippen molar-refractivity contribution in [1.29, 1.82) is 0 Å². The highest BCUT2D eigenvalue weighted by Gasteiger charge is 2.35. The van der Waals surface area contributed by atoms with Crippen molar-refractivity contribution in [1.82, 2.24) is 10.2 Å². The monoisotopic (exact) mass is 687 g/mol. The minimum absolute atomic E-state index is 0.0598. The van der Waals surface area contributed by atoms with Crippen LogP contribution in [0.25, 0.3) is 0 Å². The summed E-state index contributed by atoms with van der Waals surface area (Å²) in [6, 6.07) is 31.7. The van der Waals surface area contributed by atoms with E-state index in [1.165, 1.54) is 0 Å². The number of aryl methyl sites for hydroxylation is 1. The van der Waals surface area contributed by atoms with Crippen LogP contribution in [-0.4, -0.2) is 43.8 Å². The van der Waals surface area contributed by atoms with Crippen LogP contribution in [0.3, 0.4) is 0 Å². The van der Waals surface area contributed by atoms with Crippen LogP contribution < -0.4 is 9.62 Å². The predicted octanol–water partition coefficient (Wildman–Crippen LogP) is 6.65. The predicted molar refractivity (Wildman–Crippen MR) is 181 cm³/mol. The van der Waals surface area contributed by atoms with Gasteiger partial charge in [-0.15, -0.1) is 0 Å². The Morgan fingerprint density at radius 2 is 1.47 bits per heavy atom. The molecule has 4 aromatic rings. The Balaban J connectivity index is 1.55. The molecule has 9 heteroatoms. The zero-order valence-electron chi connectivity index (χ0n) is 25.3. The number of nitrogens with zero attached hydrogens (tertiary/aromatic N) is 2. The van der Waals surface area contributed by atoms with Gasteiger partial charge in [0, 0.05) is 23.5 Å². The summed E-state index contributed by atoms with van der Waals surface area (Å²) in [5.74, 6) is -0.706. The van der Waals surface area contributed by atoms with Crippen LogP contribution in [0.4, 0.5) is 5.69 Å². The molecule has 1 atom stereocenters. The van der Waals surface area contributed by atoms with Gasteiger partial charge in [-0.2, -0.15) is 0 Å². The summed E-state index contributed by atoms with van der Waals surface area (Å²) in [6.45, 7) is 1.55. The molecule has 5 rings (SSSR count). The standard InChI is InChI=1S/C36H38BrN3O4S/c1-27-19-21-33(22-20-27)45(43,44)40(32-18-10-15-30(37)24-32)26-35(41)39(25-29-13-6-3-7-14-29)34(23-28-11-4-2-5-12-28)36(42)38-31-16-8-9-17-31/h2-7,10-15,18-22,24,31,34H,8-9,16-17,23,25-26H2,1H3,(H,38,42)/t34-/m0/s1. The van der Waals surface area contributed by atoms with Crippen molar-refractivity contribution in [3.05, 3.63) is 130 Å². The number of carbonyl (C=O) groups is 2. The molecule has 0 radical (unpaired) electrons. The topological polar surface area (TPSA) is 86.8 Å². The van der Waals surface area contributed by atoms with Gasteiger partial charge in [0.2, 0.25) is 11.8 Å². The lowest BCUT2D eigenvalue weighted by Gasteiger charge is -2.34. The first-order chi connectivity index (χ1) is 21.7. The van der Waals surface area contributed by atoms with Crippen molar-refractivity contribution < 1.29 is 18.0 Å². The normalized spacial score (nSPS) is 14.1. The fraction of sp³-hybridized carbons (Fsp3) is 0.278. The van der Waals surface area contributed by atoms with Crippen LogP contribution in [0.2, 0.25) is 0 Å². The average molecular weight is 689 g/mol. The molecule has 0 saturated heterocycles. The third kappa shape index (κ3) is 8.41. The molecule has 0 heterocycles. The number of hydrogen-bond donors (Lipinski definition) is 1. The number of carbonyl (C=O) groups excluding carboxylic acids is 2. The van der Waals surface area contributed by atoms with Crippen molar-refractivity contribution in [2.45, 2.75) is 62.6 Å². The number of sulfonamides is 1. The summed E-state index contributed by atoms with van der Waals surface area (Å²) < 4.78 is 30.1. The Hall–Kier alpha value is -3.95. The van der Waals surface area contributed by atoms with Gasteiger partial charge in [-0.25, -0.2) is 8.42 Å². The molecule has 45 heavy (non-hydrogen) atoms. The lowest BCUT2D eigenvalue weighted by Crippen LogP contribution is -2.54. The molecule has 1 saturated carbocycles. The molecule has 0 bridgehead atoms. The van der Waals surface area contributed by atoms with Crippen molar-refractivity contribution in [2.75, 3.05) is 10.8 Å². The molecule has 0 aliphatic heterocycles. The second-order valence-corrected chi connectivity index (χ2v) is 14.3. The van der Waals surface area contributed by atoms with Crippen LogP contribution in [0, 0.1) is 6.92 Å². The molecule has 1 aliphatic rings. The van der Waals surface area contributed by atoms with Gasteiger partial charge in [-0.3, -0.25) is 13.9 Å². The van der Waals surface area contributed by atoms with E-state index in [9.17, 15) is 18.0 Å². The summed E-state index contributed by atoms with van der Waals surface area (Å²) in [7, 11) is -4.15. The molecular weight excluding hydrogens is 650 g/mol. The van der Waals surface area contributed by atoms with Crippen LogP contribution in [0.5, 0.6) is 0 Å². The Morgan fingerprint density at radius 1 is 0.844 bits per heavy atom. The molecule has 1 fully saturated rings. The largest absolute Gasteiger partial charge is 0.352 e. The fourth-order valence-corrected chi connectivity index (χ4v) is 7.49. The van der Waals surface area contributed by atoms with E-state index in [1.54, 1.807) is 53.4 Å². The fourth-order valence-electron chi connectivity index (χ4n) is 5.70. The number of halogens is 1. The molecule has 0 unspecified atom stereocenters. The summed E-state index contributed by atoms with van der Waals surface area (Å²) in [5, 5.41) is 3.20. The summed E-state index contributed by atoms with van der Waals surface area (Å²) in [4.78, 5) is 30.2. The number of anilines is 1. The molecule has 2 amide bonds. The number of amides is 2. The SMILES string of the molecule is Cc1ccc(S(=O)(=O)N(CC(=O)N(Cc2ccccc2)[C@@H](Cc2ccccc2)C(=O)NC2CCCC2)c2cccc(Br)c2)cc1. The van der Waals surface area contributed by atoms with Crippen molar-refractivity contribution in [3.63, 3.8) is 0 Å². The van der Waals surface area contributed by atoms with Crippen molar-refractivity contribution >= 4 is 43.5 Å². The van der Waals surface area contributed by atoms with E-state index in [2.05, 4.69) is 21.2 Å². The highest BCUT2D eigenvalue weighted by atomic mass is 79.9. The van der Waals surface area contributed by atoms with E-state index in [-0.39, 0.29) is 23.4 Å². The lowest BCUT2D eigenvalue weighted by molar-refractivity contribution is -0.140. The maximum atomic E-state index is 14.5. The second kappa shape index (κ2) is 14.9. The number of nitrogens with one attached hydrogen (secondary N) is 1. The Morgan fingerprint density at radius 3 is 2.09 bits per heavy atom. The van der Waals surface area contributed by atoms with Crippen LogP contribution in [0.15, 0.2) is 119 Å². The Bertz CT molecular complexity index is 1690. The van der Waals surface area contributed by atoms with Crippen molar-refractivity contribution in [2.24, 2.45) is 0 Å². The number of rotatable bonds is 12. The first kappa shape index (κ1) is 32.4. The van der Waals surface area contributed by atoms with E-state index in [1.807, 2.05) is 67.6 Å². The Labute approximate surface area is 274 Å².